The molecule has 0 saturated carbocycles. The molecule has 0 aromatic heterocycles. The number of ether oxygens (including phenoxy) is 2. The fourth-order valence-corrected chi connectivity index (χ4v) is 3.14. The maximum absolute atomic E-state index is 13.8. The second kappa shape index (κ2) is 10.5. The minimum absolute atomic E-state index is 0.143. The highest BCUT2D eigenvalue weighted by atomic mass is 79.9. The molecule has 0 heterocycles. The Labute approximate surface area is 163 Å². The van der Waals surface area contributed by atoms with Crippen LogP contribution in [0.5, 0.6) is 11.5 Å². The Hall–Kier alpha value is -1.63. The minimum atomic E-state index is -0.277. The molecule has 142 valence electrons. The Morgan fingerprint density at radius 1 is 1.19 bits per heavy atom. The zero-order valence-electron chi connectivity index (χ0n) is 15.5. The number of benzene rings is 2. The molecular formula is C20H26BrFN2O2. The molecule has 4 nitrogen and oxygen atoms in total. The lowest BCUT2D eigenvalue weighted by Crippen LogP contribution is -2.21. The van der Waals surface area contributed by atoms with E-state index in [2.05, 4.69) is 40.2 Å². The molecule has 0 atom stereocenters. The summed E-state index contributed by atoms with van der Waals surface area (Å²) in [5.41, 5.74) is 1.60. The number of halogens is 2. The quantitative estimate of drug-likeness (QED) is 0.578. The van der Waals surface area contributed by atoms with Crippen LogP contribution in [0.3, 0.4) is 0 Å². The van der Waals surface area contributed by atoms with Crippen molar-refractivity contribution in [3.63, 3.8) is 0 Å². The standard InChI is InChI=1S/C20H26BrFN2O2/c1-24(2)10-6-9-23-13-15-11-17(21)20(19(12-15)25-3)26-14-16-7-4-5-8-18(16)22/h4-5,7-8,11-12,23H,6,9-10,13-14H2,1-3H3. The maximum Gasteiger partial charge on any atom is 0.175 e. The molecule has 2 aromatic rings. The average molecular weight is 425 g/mol. The van der Waals surface area contributed by atoms with Gasteiger partial charge < -0.3 is 19.7 Å². The third-order valence-corrected chi connectivity index (χ3v) is 4.50. The number of nitrogens with one attached hydrogen (secondary N) is 1. The van der Waals surface area contributed by atoms with Crippen LogP contribution < -0.4 is 14.8 Å². The fourth-order valence-electron chi connectivity index (χ4n) is 2.53. The van der Waals surface area contributed by atoms with Crippen molar-refractivity contribution in [1.29, 1.82) is 0 Å². The molecule has 0 saturated heterocycles. The zero-order valence-corrected chi connectivity index (χ0v) is 17.1. The molecule has 2 rings (SSSR count). The highest BCUT2D eigenvalue weighted by molar-refractivity contribution is 9.10. The third-order valence-electron chi connectivity index (χ3n) is 3.91. The Morgan fingerprint density at radius 3 is 2.65 bits per heavy atom. The average Bonchev–Trinajstić information content (AvgIpc) is 2.61. The highest BCUT2D eigenvalue weighted by Gasteiger charge is 2.13. The topological polar surface area (TPSA) is 33.7 Å². The molecule has 0 bridgehead atoms. The maximum atomic E-state index is 13.8. The van der Waals surface area contributed by atoms with E-state index >= 15 is 0 Å². The van der Waals surface area contributed by atoms with Gasteiger partial charge in [0.1, 0.15) is 12.4 Å². The normalized spacial score (nSPS) is 11.0. The summed E-state index contributed by atoms with van der Waals surface area (Å²) in [4.78, 5) is 2.17. The van der Waals surface area contributed by atoms with E-state index in [1.165, 1.54) is 6.07 Å². The van der Waals surface area contributed by atoms with E-state index in [0.29, 0.717) is 17.1 Å². The van der Waals surface area contributed by atoms with E-state index in [4.69, 9.17) is 9.47 Å². The van der Waals surface area contributed by atoms with Gasteiger partial charge in [-0.25, -0.2) is 4.39 Å². The van der Waals surface area contributed by atoms with Crippen molar-refractivity contribution in [1.82, 2.24) is 10.2 Å². The van der Waals surface area contributed by atoms with Crippen LogP contribution in [0, 0.1) is 5.82 Å². The van der Waals surface area contributed by atoms with E-state index in [1.807, 2.05) is 12.1 Å². The van der Waals surface area contributed by atoms with Gasteiger partial charge in [-0.1, -0.05) is 18.2 Å². The van der Waals surface area contributed by atoms with Gasteiger partial charge >= 0.3 is 0 Å². The lowest BCUT2D eigenvalue weighted by Gasteiger charge is -2.15. The third kappa shape index (κ3) is 6.27. The van der Waals surface area contributed by atoms with Crippen LogP contribution in [0.25, 0.3) is 0 Å². The summed E-state index contributed by atoms with van der Waals surface area (Å²) in [5.74, 6) is 0.925. The van der Waals surface area contributed by atoms with E-state index in [1.54, 1.807) is 25.3 Å². The largest absolute Gasteiger partial charge is 0.493 e. The Bertz CT molecular complexity index is 710. The van der Waals surface area contributed by atoms with Crippen molar-refractivity contribution < 1.29 is 13.9 Å². The molecule has 0 aliphatic heterocycles. The van der Waals surface area contributed by atoms with Crippen molar-refractivity contribution in [2.24, 2.45) is 0 Å². The van der Waals surface area contributed by atoms with Gasteiger partial charge in [0, 0.05) is 12.1 Å². The Morgan fingerprint density at radius 2 is 1.96 bits per heavy atom. The minimum Gasteiger partial charge on any atom is -0.493 e. The predicted octanol–water partition coefficient (Wildman–Crippen LogP) is 4.22. The van der Waals surface area contributed by atoms with Crippen LogP contribution in [0.2, 0.25) is 0 Å². The zero-order chi connectivity index (χ0) is 18.9. The number of hydrogen-bond acceptors (Lipinski definition) is 4. The Kier molecular flexibility index (Phi) is 8.35. The number of hydrogen-bond donors (Lipinski definition) is 1. The summed E-state index contributed by atoms with van der Waals surface area (Å²) < 4.78 is 25.8. The molecule has 1 N–H and O–H groups in total. The van der Waals surface area contributed by atoms with Crippen LogP contribution in [0.4, 0.5) is 4.39 Å². The highest BCUT2D eigenvalue weighted by Crippen LogP contribution is 2.37. The summed E-state index contributed by atoms with van der Waals surface area (Å²) in [6.45, 7) is 2.90. The van der Waals surface area contributed by atoms with Crippen LogP contribution in [-0.4, -0.2) is 39.2 Å². The van der Waals surface area contributed by atoms with Gasteiger partial charge in [-0.2, -0.15) is 0 Å². The van der Waals surface area contributed by atoms with Crippen LogP contribution in [0.1, 0.15) is 17.5 Å². The van der Waals surface area contributed by atoms with Gasteiger partial charge in [-0.15, -0.1) is 0 Å². The molecular weight excluding hydrogens is 399 g/mol. The second-order valence-corrected chi connectivity index (χ2v) is 7.18. The van der Waals surface area contributed by atoms with E-state index < -0.39 is 0 Å². The molecule has 0 aliphatic rings. The Balaban J connectivity index is 1.98. The van der Waals surface area contributed by atoms with Gasteiger partial charge in [0.15, 0.2) is 11.5 Å². The summed E-state index contributed by atoms with van der Waals surface area (Å²) in [5, 5.41) is 3.43. The monoisotopic (exact) mass is 424 g/mol. The van der Waals surface area contributed by atoms with Gasteiger partial charge in [0.05, 0.1) is 11.6 Å². The number of methoxy groups -OCH3 is 1. The lowest BCUT2D eigenvalue weighted by molar-refractivity contribution is 0.277. The first-order chi connectivity index (χ1) is 12.5. The fraction of sp³-hybridized carbons (Fsp3) is 0.400. The number of rotatable bonds is 10. The smallest absolute Gasteiger partial charge is 0.175 e. The molecule has 6 heteroatoms. The summed E-state index contributed by atoms with van der Waals surface area (Å²) in [7, 11) is 5.75. The molecule has 26 heavy (non-hydrogen) atoms. The van der Waals surface area contributed by atoms with Gasteiger partial charge in [-0.3, -0.25) is 0 Å². The van der Waals surface area contributed by atoms with Gasteiger partial charge in [0.2, 0.25) is 0 Å². The SMILES string of the molecule is COc1cc(CNCCCN(C)C)cc(Br)c1OCc1ccccc1F. The van der Waals surface area contributed by atoms with Crippen molar-refractivity contribution in [3.05, 3.63) is 57.8 Å². The lowest BCUT2D eigenvalue weighted by atomic mass is 10.2. The van der Waals surface area contributed by atoms with Crippen LogP contribution >= 0.6 is 15.9 Å². The first-order valence-electron chi connectivity index (χ1n) is 8.59. The summed E-state index contributed by atoms with van der Waals surface area (Å²) in [6.07, 6.45) is 1.09. The molecule has 0 amide bonds. The van der Waals surface area contributed by atoms with E-state index in [0.717, 1.165) is 36.1 Å². The molecule has 0 radical (unpaired) electrons. The number of nitrogens with zero attached hydrogens (tertiary/aromatic N) is 1. The molecule has 0 unspecified atom stereocenters. The van der Waals surface area contributed by atoms with Crippen molar-refractivity contribution in [2.45, 2.75) is 19.6 Å². The van der Waals surface area contributed by atoms with Crippen molar-refractivity contribution >= 4 is 15.9 Å². The van der Waals surface area contributed by atoms with Crippen LogP contribution in [-0.2, 0) is 13.2 Å². The van der Waals surface area contributed by atoms with E-state index in [-0.39, 0.29) is 12.4 Å². The van der Waals surface area contributed by atoms with Crippen molar-refractivity contribution in [3.8, 4) is 11.5 Å². The predicted molar refractivity (Wildman–Crippen MR) is 106 cm³/mol. The van der Waals surface area contributed by atoms with Crippen molar-refractivity contribution in [2.75, 3.05) is 34.3 Å². The molecule has 2 aromatic carbocycles. The second-order valence-electron chi connectivity index (χ2n) is 6.32. The molecule has 0 spiro atoms. The molecule has 0 aliphatic carbocycles. The summed E-state index contributed by atoms with van der Waals surface area (Å²) >= 11 is 3.54. The summed E-state index contributed by atoms with van der Waals surface area (Å²) in [6, 6.07) is 10.5. The first kappa shape index (κ1) is 20.7. The molecule has 0 fully saturated rings. The first-order valence-corrected chi connectivity index (χ1v) is 9.38. The van der Waals surface area contributed by atoms with E-state index in [9.17, 15) is 4.39 Å². The van der Waals surface area contributed by atoms with Crippen LogP contribution in [0.15, 0.2) is 40.9 Å². The van der Waals surface area contributed by atoms with Gasteiger partial charge in [0.25, 0.3) is 0 Å². The van der Waals surface area contributed by atoms with Gasteiger partial charge in [-0.05, 0) is 73.3 Å².